The minimum atomic E-state index is 0.472. The minimum Gasteiger partial charge on any atom is -0.348 e. The van der Waals surface area contributed by atoms with Gasteiger partial charge in [-0.2, -0.15) is 0 Å². The molecule has 1 aromatic heterocycles. The van der Waals surface area contributed by atoms with Crippen molar-refractivity contribution in [1.29, 1.82) is 0 Å². The summed E-state index contributed by atoms with van der Waals surface area (Å²) in [6.45, 7) is 8.20. The van der Waals surface area contributed by atoms with Gasteiger partial charge in [0.15, 0.2) is 0 Å². The van der Waals surface area contributed by atoms with E-state index in [-0.39, 0.29) is 0 Å². The summed E-state index contributed by atoms with van der Waals surface area (Å²) >= 11 is 0. The lowest BCUT2D eigenvalue weighted by Crippen LogP contribution is -2.20. The average molecular weight is 286 g/mol. The maximum Gasteiger partial charge on any atom is 0.0931 e. The molecule has 0 radical (unpaired) electrons. The highest BCUT2D eigenvalue weighted by Gasteiger charge is 2.10. The lowest BCUT2D eigenvalue weighted by Gasteiger charge is -2.23. The Labute approximate surface area is 127 Å². The quantitative estimate of drug-likeness (QED) is 0.816. The predicted octanol–water partition coefficient (Wildman–Crippen LogP) is 3.67. The molecule has 0 aliphatic heterocycles. The summed E-state index contributed by atoms with van der Waals surface area (Å²) in [6, 6.07) is 6.32. The summed E-state index contributed by atoms with van der Waals surface area (Å²) in [5.41, 5.74) is 10.5. The highest BCUT2D eigenvalue weighted by atomic mass is 15.1. The molecule has 4 nitrogen and oxygen atoms in total. The molecular weight excluding hydrogens is 260 g/mol. The molecular formula is C17H26N4. The van der Waals surface area contributed by atoms with E-state index < -0.39 is 0 Å². The monoisotopic (exact) mass is 286 g/mol. The van der Waals surface area contributed by atoms with E-state index in [9.17, 15) is 0 Å². The van der Waals surface area contributed by atoms with E-state index in [1.54, 1.807) is 6.33 Å². The zero-order valence-corrected chi connectivity index (χ0v) is 13.3. The third-order valence-electron chi connectivity index (χ3n) is 4.00. The largest absolute Gasteiger partial charge is 0.348 e. The number of rotatable bonds is 7. The number of hydrogen-bond donors (Lipinski definition) is 2. The summed E-state index contributed by atoms with van der Waals surface area (Å²) in [6.07, 6.45) is 6.29. The van der Waals surface area contributed by atoms with Gasteiger partial charge in [-0.05, 0) is 50.9 Å². The number of H-pyrrole nitrogens is 1. The molecule has 0 saturated carbocycles. The molecule has 1 atom stereocenters. The second-order valence-electron chi connectivity index (χ2n) is 5.48. The maximum absolute atomic E-state index is 5.90. The van der Waals surface area contributed by atoms with Crippen molar-refractivity contribution in [3.05, 3.63) is 36.3 Å². The maximum atomic E-state index is 5.90. The van der Waals surface area contributed by atoms with Crippen molar-refractivity contribution in [1.82, 2.24) is 9.97 Å². The van der Waals surface area contributed by atoms with E-state index in [0.29, 0.717) is 12.5 Å². The van der Waals surface area contributed by atoms with Gasteiger partial charge in [0.2, 0.25) is 0 Å². The molecule has 0 saturated heterocycles. The first kappa shape index (κ1) is 15.6. The molecule has 0 fully saturated rings. The SMILES string of the molecule is CCCC(CN)/C(C)=C/N(CC)c1ccc2nc[nH]c2c1. The molecule has 3 N–H and O–H groups in total. The Kier molecular flexibility index (Phi) is 5.39. The number of hydrogen-bond acceptors (Lipinski definition) is 3. The average Bonchev–Trinajstić information content (AvgIpc) is 2.97. The Hall–Kier alpha value is -1.81. The number of anilines is 1. The van der Waals surface area contributed by atoms with Crippen molar-refractivity contribution in [2.45, 2.75) is 33.6 Å². The van der Waals surface area contributed by atoms with Crippen molar-refractivity contribution in [3.63, 3.8) is 0 Å². The van der Waals surface area contributed by atoms with E-state index in [4.69, 9.17) is 5.73 Å². The first-order chi connectivity index (χ1) is 10.2. The van der Waals surface area contributed by atoms with Crippen molar-refractivity contribution < 1.29 is 0 Å². The van der Waals surface area contributed by atoms with Crippen LogP contribution in [0.15, 0.2) is 36.3 Å². The number of aromatic amines is 1. The van der Waals surface area contributed by atoms with E-state index in [2.05, 4.69) is 60.0 Å². The van der Waals surface area contributed by atoms with Gasteiger partial charge in [-0.25, -0.2) is 4.98 Å². The van der Waals surface area contributed by atoms with Gasteiger partial charge in [-0.15, -0.1) is 0 Å². The van der Waals surface area contributed by atoms with Gasteiger partial charge in [0.05, 0.1) is 17.4 Å². The smallest absolute Gasteiger partial charge is 0.0931 e. The minimum absolute atomic E-state index is 0.472. The van der Waals surface area contributed by atoms with Crippen LogP contribution in [0.1, 0.15) is 33.6 Å². The van der Waals surface area contributed by atoms with Gasteiger partial charge >= 0.3 is 0 Å². The molecule has 1 aromatic carbocycles. The lowest BCUT2D eigenvalue weighted by molar-refractivity contribution is 0.559. The standard InChI is InChI=1S/C17H26N4/c1-4-6-14(10-18)13(3)11-21(5-2)15-7-8-16-17(9-15)20-12-19-16/h7-9,11-12,14H,4-6,10,18H2,1-3H3,(H,19,20)/b13-11+. The van der Waals surface area contributed by atoms with Crippen LogP contribution in [0.4, 0.5) is 5.69 Å². The number of nitrogens with two attached hydrogens (primary N) is 1. The summed E-state index contributed by atoms with van der Waals surface area (Å²) in [5.74, 6) is 0.472. The molecule has 0 aliphatic carbocycles. The predicted molar refractivity (Wildman–Crippen MR) is 90.3 cm³/mol. The Balaban J connectivity index is 2.25. The van der Waals surface area contributed by atoms with Gasteiger partial charge in [0.25, 0.3) is 0 Å². The summed E-state index contributed by atoms with van der Waals surface area (Å²) in [7, 11) is 0. The Morgan fingerprint density at radius 1 is 1.43 bits per heavy atom. The fourth-order valence-electron chi connectivity index (χ4n) is 2.68. The number of aromatic nitrogens is 2. The second kappa shape index (κ2) is 7.27. The molecule has 1 heterocycles. The number of nitrogens with one attached hydrogen (secondary N) is 1. The molecule has 2 aromatic rings. The molecule has 2 rings (SSSR count). The van der Waals surface area contributed by atoms with Crippen molar-refractivity contribution >= 4 is 16.7 Å². The first-order valence-electron chi connectivity index (χ1n) is 7.77. The van der Waals surface area contributed by atoms with Crippen LogP contribution in [-0.4, -0.2) is 23.1 Å². The van der Waals surface area contributed by atoms with Crippen LogP contribution >= 0.6 is 0 Å². The van der Waals surface area contributed by atoms with Gasteiger partial charge in [-0.3, -0.25) is 0 Å². The summed E-state index contributed by atoms with van der Waals surface area (Å²) < 4.78 is 0. The van der Waals surface area contributed by atoms with Crippen LogP contribution in [0.5, 0.6) is 0 Å². The highest BCUT2D eigenvalue weighted by Crippen LogP contribution is 2.23. The van der Waals surface area contributed by atoms with E-state index >= 15 is 0 Å². The van der Waals surface area contributed by atoms with Gasteiger partial charge in [-0.1, -0.05) is 18.9 Å². The summed E-state index contributed by atoms with van der Waals surface area (Å²) in [4.78, 5) is 9.71. The fraction of sp³-hybridized carbons (Fsp3) is 0.471. The second-order valence-corrected chi connectivity index (χ2v) is 5.48. The zero-order valence-electron chi connectivity index (χ0n) is 13.3. The molecule has 0 spiro atoms. The van der Waals surface area contributed by atoms with Gasteiger partial charge < -0.3 is 15.6 Å². The number of benzene rings is 1. The van der Waals surface area contributed by atoms with Crippen LogP contribution < -0.4 is 10.6 Å². The van der Waals surface area contributed by atoms with Crippen LogP contribution in [0.25, 0.3) is 11.0 Å². The molecule has 0 bridgehead atoms. The molecule has 0 aliphatic rings. The number of fused-ring (bicyclic) bond motifs is 1. The topological polar surface area (TPSA) is 57.9 Å². The third kappa shape index (κ3) is 3.64. The van der Waals surface area contributed by atoms with Crippen molar-refractivity contribution in [2.75, 3.05) is 18.0 Å². The number of imidazole rings is 1. The van der Waals surface area contributed by atoms with Gasteiger partial charge in [0.1, 0.15) is 0 Å². The fourth-order valence-corrected chi connectivity index (χ4v) is 2.68. The Morgan fingerprint density at radius 2 is 2.24 bits per heavy atom. The highest BCUT2D eigenvalue weighted by molar-refractivity contribution is 5.79. The van der Waals surface area contributed by atoms with Crippen molar-refractivity contribution in [3.8, 4) is 0 Å². The van der Waals surface area contributed by atoms with Crippen molar-refractivity contribution in [2.24, 2.45) is 11.7 Å². The molecule has 1 unspecified atom stereocenters. The molecule has 0 amide bonds. The number of nitrogens with zero attached hydrogens (tertiary/aromatic N) is 2. The van der Waals surface area contributed by atoms with E-state index in [0.717, 1.165) is 24.0 Å². The van der Waals surface area contributed by atoms with Crippen LogP contribution in [0, 0.1) is 5.92 Å². The van der Waals surface area contributed by atoms with Crippen LogP contribution in [-0.2, 0) is 0 Å². The molecule has 4 heteroatoms. The van der Waals surface area contributed by atoms with Gasteiger partial charge in [0, 0.05) is 18.4 Å². The van der Waals surface area contributed by atoms with Crippen LogP contribution in [0.3, 0.4) is 0 Å². The first-order valence-corrected chi connectivity index (χ1v) is 7.77. The summed E-state index contributed by atoms with van der Waals surface area (Å²) in [5, 5.41) is 0. The zero-order chi connectivity index (χ0) is 15.2. The molecule has 114 valence electrons. The molecule has 21 heavy (non-hydrogen) atoms. The Morgan fingerprint density at radius 3 is 2.90 bits per heavy atom. The lowest BCUT2D eigenvalue weighted by atomic mass is 9.96. The van der Waals surface area contributed by atoms with Crippen LogP contribution in [0.2, 0.25) is 0 Å². The van der Waals surface area contributed by atoms with E-state index in [1.165, 1.54) is 17.7 Å². The normalized spacial score (nSPS) is 13.6. The third-order valence-corrected chi connectivity index (χ3v) is 4.00. The Bertz CT molecular complexity index is 600. The van der Waals surface area contributed by atoms with E-state index in [1.807, 2.05) is 0 Å².